The molecule has 2 aromatic rings. The maximum absolute atomic E-state index is 13.0. The number of thioether (sulfide) groups is 1. The molecule has 0 radical (unpaired) electrons. The van der Waals surface area contributed by atoms with Gasteiger partial charge in [0.05, 0.1) is 22.1 Å². The van der Waals surface area contributed by atoms with Gasteiger partial charge < -0.3 is 14.6 Å². The minimum absolute atomic E-state index is 0.0248. The normalized spacial score (nSPS) is 15.8. The number of carbonyl (C=O) groups excluding carboxylic acids is 2. The molecule has 10 heteroatoms. The number of aliphatic carboxylic acids is 1. The zero-order chi connectivity index (χ0) is 21.2. The summed E-state index contributed by atoms with van der Waals surface area (Å²) in [5, 5.41) is 10.5. The minimum atomic E-state index is -4.54. The van der Waals surface area contributed by atoms with E-state index >= 15 is 0 Å². The Kier molecular flexibility index (Phi) is 5.94. The molecule has 0 bridgehead atoms. The van der Waals surface area contributed by atoms with E-state index in [1.54, 1.807) is 12.1 Å². The number of ether oxygens (including phenoxy) is 1. The molecule has 0 N–H and O–H groups in total. The van der Waals surface area contributed by atoms with E-state index in [0.29, 0.717) is 5.56 Å². The fourth-order valence-corrected chi connectivity index (χ4v) is 3.80. The predicted molar refractivity (Wildman–Crippen MR) is 104 cm³/mol. The van der Waals surface area contributed by atoms with Crippen LogP contribution in [0.4, 0.5) is 18.9 Å². The van der Waals surface area contributed by atoms with Crippen molar-refractivity contribution in [3.63, 3.8) is 0 Å². The van der Waals surface area contributed by atoms with Crippen LogP contribution in [0.25, 0.3) is 6.08 Å². The molecule has 0 atom stereocenters. The summed E-state index contributed by atoms with van der Waals surface area (Å²) in [7, 11) is 0. The first-order chi connectivity index (χ1) is 13.6. The van der Waals surface area contributed by atoms with Crippen molar-refractivity contribution in [2.75, 3.05) is 11.5 Å². The summed E-state index contributed by atoms with van der Waals surface area (Å²) < 4.78 is 44.0. The van der Waals surface area contributed by atoms with Crippen LogP contribution in [0.3, 0.4) is 0 Å². The number of hydrogen-bond donors (Lipinski definition) is 0. The van der Waals surface area contributed by atoms with Gasteiger partial charge in [-0.05, 0) is 42.0 Å². The van der Waals surface area contributed by atoms with E-state index in [2.05, 4.69) is 0 Å². The number of carboxylic acid groups (broad SMARTS) is 1. The minimum Gasteiger partial charge on any atom is -0.546 e. The van der Waals surface area contributed by atoms with Crippen LogP contribution in [-0.2, 0) is 15.8 Å². The molecular weight excluding hydrogens is 427 g/mol. The summed E-state index contributed by atoms with van der Waals surface area (Å²) in [6.07, 6.45) is -3.04. The van der Waals surface area contributed by atoms with Crippen molar-refractivity contribution in [2.45, 2.75) is 6.18 Å². The summed E-state index contributed by atoms with van der Waals surface area (Å²) in [4.78, 5) is 24.5. The first kappa shape index (κ1) is 20.9. The molecule has 1 heterocycles. The highest BCUT2D eigenvalue weighted by Gasteiger charge is 2.36. The van der Waals surface area contributed by atoms with Gasteiger partial charge in [0.15, 0.2) is 4.32 Å². The molecule has 0 aromatic heterocycles. The van der Waals surface area contributed by atoms with Gasteiger partial charge in [-0.15, -0.1) is 0 Å². The van der Waals surface area contributed by atoms with Gasteiger partial charge >= 0.3 is 6.18 Å². The third kappa shape index (κ3) is 4.96. The van der Waals surface area contributed by atoms with Gasteiger partial charge in [-0.3, -0.25) is 9.69 Å². The number of halogens is 3. The molecular formula is C19H11F3NO4S2-. The van der Waals surface area contributed by atoms with Gasteiger partial charge in [0.1, 0.15) is 12.4 Å². The van der Waals surface area contributed by atoms with Crippen molar-refractivity contribution < 1.29 is 32.6 Å². The molecule has 0 aliphatic carbocycles. The van der Waals surface area contributed by atoms with Gasteiger partial charge in [0.2, 0.25) is 0 Å². The molecule has 0 unspecified atom stereocenters. The summed E-state index contributed by atoms with van der Waals surface area (Å²) >= 11 is 6.13. The average molecular weight is 438 g/mol. The molecule has 3 rings (SSSR count). The number of amides is 1. The number of nitrogens with zero attached hydrogens (tertiary/aromatic N) is 1. The van der Waals surface area contributed by atoms with E-state index < -0.39 is 30.2 Å². The lowest BCUT2D eigenvalue weighted by atomic mass is 10.1. The maximum atomic E-state index is 13.0. The number of anilines is 1. The van der Waals surface area contributed by atoms with E-state index in [1.165, 1.54) is 30.3 Å². The Morgan fingerprint density at radius 2 is 1.93 bits per heavy atom. The van der Waals surface area contributed by atoms with E-state index in [1.807, 2.05) is 0 Å². The number of benzene rings is 2. The van der Waals surface area contributed by atoms with Crippen molar-refractivity contribution in [1.82, 2.24) is 0 Å². The van der Waals surface area contributed by atoms with Gasteiger partial charge in [0, 0.05) is 0 Å². The summed E-state index contributed by atoms with van der Waals surface area (Å²) in [5.74, 6) is -1.67. The van der Waals surface area contributed by atoms with Crippen LogP contribution in [-0.4, -0.2) is 22.8 Å². The zero-order valence-corrected chi connectivity index (χ0v) is 16.1. The Hall–Kier alpha value is -2.85. The van der Waals surface area contributed by atoms with Gasteiger partial charge in [-0.2, -0.15) is 13.2 Å². The molecule has 2 aromatic carbocycles. The van der Waals surface area contributed by atoms with E-state index in [0.717, 1.165) is 28.8 Å². The Balaban J connectivity index is 1.86. The second-order valence-electron chi connectivity index (χ2n) is 5.80. The number of carboxylic acids is 1. The first-order valence-electron chi connectivity index (χ1n) is 8.03. The molecule has 0 spiro atoms. The smallest absolute Gasteiger partial charge is 0.416 e. The van der Waals surface area contributed by atoms with Crippen LogP contribution < -0.4 is 14.7 Å². The van der Waals surface area contributed by atoms with Crippen molar-refractivity contribution in [3.05, 3.63) is 64.6 Å². The van der Waals surface area contributed by atoms with Crippen LogP contribution in [0.1, 0.15) is 11.1 Å². The van der Waals surface area contributed by atoms with Crippen molar-refractivity contribution in [3.8, 4) is 5.75 Å². The number of carbonyl (C=O) groups is 2. The first-order valence-corrected chi connectivity index (χ1v) is 9.25. The lowest BCUT2D eigenvalue weighted by Gasteiger charge is -2.16. The maximum Gasteiger partial charge on any atom is 0.416 e. The topological polar surface area (TPSA) is 69.7 Å². The van der Waals surface area contributed by atoms with Crippen molar-refractivity contribution in [2.24, 2.45) is 0 Å². The standard InChI is InChI=1S/C19H12F3NO4S2/c20-19(21,22)12-4-2-5-13(9-12)23-17(26)15(29-18(23)28)8-11-3-1-6-14(7-11)27-10-16(24)25/h1-9H,10H2,(H,24,25)/p-1/b15-8+. The molecule has 0 saturated carbocycles. The Morgan fingerprint density at radius 1 is 1.21 bits per heavy atom. The van der Waals surface area contributed by atoms with E-state index in [4.69, 9.17) is 17.0 Å². The van der Waals surface area contributed by atoms with Crippen molar-refractivity contribution >= 4 is 51.9 Å². The highest BCUT2D eigenvalue weighted by atomic mass is 32.2. The quantitative estimate of drug-likeness (QED) is 0.527. The third-order valence-corrected chi connectivity index (χ3v) is 5.04. The number of rotatable bonds is 5. The molecule has 1 amide bonds. The molecule has 1 aliphatic heterocycles. The average Bonchev–Trinajstić information content (AvgIpc) is 2.93. The summed E-state index contributed by atoms with van der Waals surface area (Å²) in [5.41, 5.74) is -0.326. The van der Waals surface area contributed by atoms with Crippen LogP contribution in [0.2, 0.25) is 0 Å². The highest BCUT2D eigenvalue weighted by Crippen LogP contribution is 2.38. The molecule has 1 aliphatic rings. The molecule has 1 fully saturated rings. The summed E-state index contributed by atoms with van der Waals surface area (Å²) in [6, 6.07) is 10.7. The van der Waals surface area contributed by atoms with E-state index in [-0.39, 0.29) is 20.7 Å². The second-order valence-corrected chi connectivity index (χ2v) is 7.47. The number of alkyl halides is 3. The number of hydrogen-bond acceptors (Lipinski definition) is 6. The molecule has 1 saturated heterocycles. The second kappa shape index (κ2) is 8.26. The van der Waals surface area contributed by atoms with Gasteiger partial charge in [0.25, 0.3) is 5.91 Å². The lowest BCUT2D eigenvalue weighted by Crippen LogP contribution is -2.28. The van der Waals surface area contributed by atoms with Crippen LogP contribution in [0.15, 0.2) is 53.4 Å². The van der Waals surface area contributed by atoms with Crippen LogP contribution >= 0.6 is 24.0 Å². The zero-order valence-electron chi connectivity index (χ0n) is 14.4. The van der Waals surface area contributed by atoms with Gasteiger partial charge in [-0.1, -0.05) is 42.2 Å². The SMILES string of the molecule is O=C([O-])COc1cccc(/C=C2/SC(=S)N(c3cccc(C(F)(F)F)c3)C2=O)c1. The van der Waals surface area contributed by atoms with E-state index in [9.17, 15) is 27.9 Å². The Labute approximate surface area is 172 Å². The highest BCUT2D eigenvalue weighted by molar-refractivity contribution is 8.27. The van der Waals surface area contributed by atoms with Crippen LogP contribution in [0.5, 0.6) is 5.75 Å². The lowest BCUT2D eigenvalue weighted by molar-refractivity contribution is -0.307. The molecule has 150 valence electrons. The van der Waals surface area contributed by atoms with Crippen molar-refractivity contribution in [1.29, 1.82) is 0 Å². The largest absolute Gasteiger partial charge is 0.546 e. The molecule has 5 nitrogen and oxygen atoms in total. The molecule has 29 heavy (non-hydrogen) atoms. The fraction of sp³-hybridized carbons (Fsp3) is 0.105. The Bertz CT molecular complexity index is 1020. The summed E-state index contributed by atoms with van der Waals surface area (Å²) in [6.45, 7) is -0.624. The fourth-order valence-electron chi connectivity index (χ4n) is 2.50. The van der Waals surface area contributed by atoms with Crippen LogP contribution in [0, 0.1) is 0 Å². The number of thiocarbonyl (C=S) groups is 1. The van der Waals surface area contributed by atoms with Gasteiger partial charge in [-0.25, -0.2) is 0 Å². The monoisotopic (exact) mass is 438 g/mol. The third-order valence-electron chi connectivity index (χ3n) is 3.74. The predicted octanol–water partition coefficient (Wildman–Crippen LogP) is 3.24. The Morgan fingerprint density at radius 3 is 2.62 bits per heavy atom.